The summed E-state index contributed by atoms with van der Waals surface area (Å²) < 4.78 is 18.5. The molecule has 0 unspecified atom stereocenters. The van der Waals surface area contributed by atoms with Gasteiger partial charge in [-0.2, -0.15) is 0 Å². The van der Waals surface area contributed by atoms with Crippen LogP contribution < -0.4 is 10.1 Å². The highest BCUT2D eigenvalue weighted by Gasteiger charge is 2.11. The number of hydrogen-bond acceptors (Lipinski definition) is 3. The van der Waals surface area contributed by atoms with E-state index in [-0.39, 0.29) is 18.1 Å². The van der Waals surface area contributed by atoms with Crippen LogP contribution >= 0.6 is 0 Å². The van der Waals surface area contributed by atoms with Crippen molar-refractivity contribution in [2.24, 2.45) is 0 Å². The molecular weight excluding hydrogens is 245 g/mol. The minimum atomic E-state index is -0.379. The summed E-state index contributed by atoms with van der Waals surface area (Å²) in [5.41, 5.74) is 0.791. The Kier molecular flexibility index (Phi) is 4.13. The number of anilines is 1. The summed E-state index contributed by atoms with van der Waals surface area (Å²) in [7, 11) is 1.51. The van der Waals surface area contributed by atoms with Gasteiger partial charge in [-0.3, -0.25) is 4.79 Å². The number of para-hydroxylation sites is 2. The molecule has 19 heavy (non-hydrogen) atoms. The molecule has 0 bridgehead atoms. The number of ether oxygens (including phenoxy) is 1. The molecule has 0 saturated heterocycles. The monoisotopic (exact) mass is 259 g/mol. The molecular formula is C15H14FNO2. The third-order valence-electron chi connectivity index (χ3n) is 2.72. The number of carbonyl (C=O) groups is 1. The van der Waals surface area contributed by atoms with E-state index in [0.29, 0.717) is 17.0 Å². The zero-order valence-corrected chi connectivity index (χ0v) is 10.5. The molecule has 2 aromatic carbocycles. The highest BCUT2D eigenvalue weighted by molar-refractivity contribution is 6.01. The Bertz CT molecular complexity index is 584. The maximum atomic E-state index is 13.4. The van der Waals surface area contributed by atoms with E-state index in [2.05, 4.69) is 5.32 Å². The first-order valence-corrected chi connectivity index (χ1v) is 5.87. The van der Waals surface area contributed by atoms with Gasteiger partial charge in [-0.1, -0.05) is 24.3 Å². The Balaban J connectivity index is 2.08. The summed E-state index contributed by atoms with van der Waals surface area (Å²) in [6, 6.07) is 13.2. The van der Waals surface area contributed by atoms with E-state index < -0.39 is 0 Å². The first kappa shape index (κ1) is 13.1. The average Bonchev–Trinajstić information content (AvgIpc) is 2.46. The van der Waals surface area contributed by atoms with E-state index in [0.717, 1.165) is 0 Å². The number of methoxy groups -OCH3 is 1. The lowest BCUT2D eigenvalue weighted by atomic mass is 10.1. The number of halogens is 1. The van der Waals surface area contributed by atoms with Gasteiger partial charge in [0.2, 0.25) is 0 Å². The Labute approximate surface area is 111 Å². The van der Waals surface area contributed by atoms with Gasteiger partial charge in [0.15, 0.2) is 5.78 Å². The van der Waals surface area contributed by atoms with Crippen molar-refractivity contribution in [3.05, 3.63) is 59.9 Å². The van der Waals surface area contributed by atoms with Crippen LogP contribution in [0.15, 0.2) is 48.5 Å². The second kappa shape index (κ2) is 6.00. The molecule has 98 valence electrons. The van der Waals surface area contributed by atoms with Crippen LogP contribution in [-0.4, -0.2) is 19.4 Å². The van der Waals surface area contributed by atoms with Crippen LogP contribution in [-0.2, 0) is 0 Å². The Morgan fingerprint density at radius 3 is 2.58 bits per heavy atom. The second-order valence-corrected chi connectivity index (χ2v) is 3.96. The number of nitrogens with one attached hydrogen (secondary N) is 1. The Morgan fingerprint density at radius 2 is 1.84 bits per heavy atom. The van der Waals surface area contributed by atoms with Crippen molar-refractivity contribution >= 4 is 11.5 Å². The molecule has 0 heterocycles. The van der Waals surface area contributed by atoms with Crippen molar-refractivity contribution in [2.45, 2.75) is 0 Å². The third-order valence-corrected chi connectivity index (χ3v) is 2.72. The van der Waals surface area contributed by atoms with E-state index in [4.69, 9.17) is 4.74 Å². The van der Waals surface area contributed by atoms with Crippen LogP contribution in [0.5, 0.6) is 5.75 Å². The summed E-state index contributed by atoms with van der Waals surface area (Å²) in [5, 5.41) is 2.78. The first-order valence-electron chi connectivity index (χ1n) is 5.87. The van der Waals surface area contributed by atoms with Crippen molar-refractivity contribution in [1.29, 1.82) is 0 Å². The van der Waals surface area contributed by atoms with Gasteiger partial charge in [0.25, 0.3) is 0 Å². The zero-order valence-electron chi connectivity index (χ0n) is 10.5. The van der Waals surface area contributed by atoms with Crippen molar-refractivity contribution < 1.29 is 13.9 Å². The largest absolute Gasteiger partial charge is 0.496 e. The van der Waals surface area contributed by atoms with E-state index >= 15 is 0 Å². The molecule has 0 radical (unpaired) electrons. The normalized spacial score (nSPS) is 10.0. The molecule has 4 heteroatoms. The van der Waals surface area contributed by atoms with Gasteiger partial charge in [0, 0.05) is 0 Å². The fraction of sp³-hybridized carbons (Fsp3) is 0.133. The summed E-state index contributed by atoms with van der Waals surface area (Å²) in [6.07, 6.45) is 0. The Hall–Kier alpha value is -2.36. The van der Waals surface area contributed by atoms with E-state index in [1.54, 1.807) is 42.5 Å². The average molecular weight is 259 g/mol. The number of ketones is 1. The van der Waals surface area contributed by atoms with E-state index in [9.17, 15) is 9.18 Å². The highest BCUT2D eigenvalue weighted by Crippen LogP contribution is 2.18. The lowest BCUT2D eigenvalue weighted by Crippen LogP contribution is -2.15. The molecule has 2 aromatic rings. The minimum Gasteiger partial charge on any atom is -0.496 e. The molecule has 0 aliphatic carbocycles. The van der Waals surface area contributed by atoms with Gasteiger partial charge in [-0.25, -0.2) is 4.39 Å². The number of rotatable bonds is 5. The van der Waals surface area contributed by atoms with Gasteiger partial charge in [0.1, 0.15) is 11.6 Å². The summed E-state index contributed by atoms with van der Waals surface area (Å²) >= 11 is 0. The standard InChI is InChI=1S/C15H14FNO2/c1-19-15-9-5-2-6-11(15)14(18)10-17-13-8-4-3-7-12(13)16/h2-9,17H,10H2,1H3. The van der Waals surface area contributed by atoms with Crippen molar-refractivity contribution in [3.8, 4) is 5.75 Å². The number of carbonyl (C=O) groups excluding carboxylic acids is 1. The minimum absolute atomic E-state index is 0.0152. The van der Waals surface area contributed by atoms with Crippen LogP contribution in [0.4, 0.5) is 10.1 Å². The Morgan fingerprint density at radius 1 is 1.16 bits per heavy atom. The lowest BCUT2D eigenvalue weighted by molar-refractivity contribution is 0.100. The predicted octanol–water partition coefficient (Wildman–Crippen LogP) is 3.13. The molecule has 0 aliphatic heterocycles. The first-order chi connectivity index (χ1) is 9.22. The SMILES string of the molecule is COc1ccccc1C(=O)CNc1ccccc1F. The van der Waals surface area contributed by atoms with Gasteiger partial charge in [-0.05, 0) is 24.3 Å². The van der Waals surface area contributed by atoms with Crippen molar-refractivity contribution in [3.63, 3.8) is 0 Å². The fourth-order valence-electron chi connectivity index (χ4n) is 1.75. The molecule has 0 fully saturated rings. The fourth-order valence-corrected chi connectivity index (χ4v) is 1.75. The van der Waals surface area contributed by atoms with Gasteiger partial charge >= 0.3 is 0 Å². The summed E-state index contributed by atoms with van der Waals surface area (Å²) in [6.45, 7) is 0.0152. The predicted molar refractivity (Wildman–Crippen MR) is 72.2 cm³/mol. The highest BCUT2D eigenvalue weighted by atomic mass is 19.1. The number of hydrogen-bond donors (Lipinski definition) is 1. The third kappa shape index (κ3) is 3.10. The van der Waals surface area contributed by atoms with Crippen LogP contribution in [0.25, 0.3) is 0 Å². The van der Waals surface area contributed by atoms with Crippen LogP contribution in [0, 0.1) is 5.82 Å². The van der Waals surface area contributed by atoms with Crippen molar-refractivity contribution in [1.82, 2.24) is 0 Å². The lowest BCUT2D eigenvalue weighted by Gasteiger charge is -2.09. The molecule has 0 aromatic heterocycles. The summed E-state index contributed by atoms with van der Waals surface area (Å²) in [5.74, 6) is -0.0149. The number of benzene rings is 2. The summed E-state index contributed by atoms with van der Waals surface area (Å²) in [4.78, 5) is 12.0. The number of Topliss-reactive ketones (excluding diaryl/α,β-unsaturated/α-hetero) is 1. The maximum Gasteiger partial charge on any atom is 0.185 e. The van der Waals surface area contributed by atoms with Gasteiger partial charge in [-0.15, -0.1) is 0 Å². The molecule has 3 nitrogen and oxygen atoms in total. The molecule has 0 spiro atoms. The van der Waals surface area contributed by atoms with E-state index in [1.165, 1.54) is 13.2 Å². The molecule has 0 amide bonds. The molecule has 2 rings (SSSR count). The van der Waals surface area contributed by atoms with Gasteiger partial charge < -0.3 is 10.1 Å². The van der Waals surface area contributed by atoms with E-state index in [1.807, 2.05) is 0 Å². The maximum absolute atomic E-state index is 13.4. The quantitative estimate of drug-likeness (QED) is 0.838. The van der Waals surface area contributed by atoms with Crippen LogP contribution in [0.3, 0.4) is 0 Å². The van der Waals surface area contributed by atoms with Crippen LogP contribution in [0.1, 0.15) is 10.4 Å². The zero-order chi connectivity index (χ0) is 13.7. The molecule has 1 N–H and O–H groups in total. The topological polar surface area (TPSA) is 38.3 Å². The smallest absolute Gasteiger partial charge is 0.185 e. The van der Waals surface area contributed by atoms with Crippen molar-refractivity contribution in [2.75, 3.05) is 19.0 Å². The molecule has 0 atom stereocenters. The van der Waals surface area contributed by atoms with Gasteiger partial charge in [0.05, 0.1) is 24.9 Å². The molecule has 0 aliphatic rings. The van der Waals surface area contributed by atoms with Crippen LogP contribution in [0.2, 0.25) is 0 Å². The molecule has 0 saturated carbocycles. The second-order valence-electron chi connectivity index (χ2n) is 3.96.